The molecule has 35 heavy (non-hydrogen) atoms. The maximum absolute atomic E-state index is 12.9. The molecule has 3 N–H and O–H groups in total. The van der Waals surface area contributed by atoms with Crippen LogP contribution in [-0.4, -0.2) is 106 Å². The highest BCUT2D eigenvalue weighted by atomic mass is 35.5. The molecule has 2 saturated heterocycles. The number of nitrogens with one attached hydrogen (secondary N) is 1. The zero-order valence-corrected chi connectivity index (χ0v) is 22.1. The third kappa shape index (κ3) is 7.22. The van der Waals surface area contributed by atoms with Gasteiger partial charge >= 0.3 is 0 Å². The SMILES string of the molecule is COc1cc(N)c(Cl)cc1C(=O)N[C@@H]1CCN(CCCC(=O)N2CCC(N(C)C)CC2)C[C@@H]1OC. The van der Waals surface area contributed by atoms with Crippen molar-refractivity contribution in [3.8, 4) is 5.75 Å². The smallest absolute Gasteiger partial charge is 0.255 e. The summed E-state index contributed by atoms with van der Waals surface area (Å²) >= 11 is 6.12. The summed E-state index contributed by atoms with van der Waals surface area (Å²) in [4.78, 5) is 32.2. The van der Waals surface area contributed by atoms with E-state index in [9.17, 15) is 9.59 Å². The van der Waals surface area contributed by atoms with Crippen molar-refractivity contribution in [3.05, 3.63) is 22.7 Å². The van der Waals surface area contributed by atoms with Gasteiger partial charge in [-0.1, -0.05) is 11.6 Å². The van der Waals surface area contributed by atoms with Gasteiger partial charge in [-0.3, -0.25) is 9.59 Å². The van der Waals surface area contributed by atoms with Crippen LogP contribution in [0.1, 0.15) is 42.5 Å². The van der Waals surface area contributed by atoms with Crippen LogP contribution < -0.4 is 15.8 Å². The molecule has 196 valence electrons. The molecule has 3 rings (SSSR count). The summed E-state index contributed by atoms with van der Waals surface area (Å²) < 4.78 is 11.0. The van der Waals surface area contributed by atoms with Gasteiger partial charge in [0.1, 0.15) is 5.75 Å². The van der Waals surface area contributed by atoms with Gasteiger partial charge in [-0.05, 0) is 52.4 Å². The Bertz CT molecular complexity index is 876. The Labute approximate surface area is 213 Å². The summed E-state index contributed by atoms with van der Waals surface area (Å²) in [5.41, 5.74) is 6.54. The number of nitrogens with zero attached hydrogens (tertiary/aromatic N) is 3. The minimum atomic E-state index is -0.270. The molecule has 9 nitrogen and oxygen atoms in total. The average molecular weight is 510 g/mol. The molecule has 2 atom stereocenters. The van der Waals surface area contributed by atoms with E-state index in [0.29, 0.717) is 41.0 Å². The van der Waals surface area contributed by atoms with Crippen molar-refractivity contribution < 1.29 is 19.1 Å². The van der Waals surface area contributed by atoms with Crippen LogP contribution in [-0.2, 0) is 9.53 Å². The lowest BCUT2D eigenvalue weighted by molar-refractivity contribution is -0.132. The van der Waals surface area contributed by atoms with Gasteiger partial charge in [-0.2, -0.15) is 0 Å². The molecule has 0 unspecified atom stereocenters. The summed E-state index contributed by atoms with van der Waals surface area (Å²) in [5.74, 6) is 0.364. The van der Waals surface area contributed by atoms with E-state index in [-0.39, 0.29) is 24.0 Å². The van der Waals surface area contributed by atoms with Crippen LogP contribution >= 0.6 is 11.6 Å². The third-order valence-electron chi connectivity index (χ3n) is 7.24. The fourth-order valence-electron chi connectivity index (χ4n) is 4.99. The number of benzene rings is 1. The van der Waals surface area contributed by atoms with E-state index in [1.165, 1.54) is 13.2 Å². The van der Waals surface area contributed by atoms with Crippen LogP contribution in [0.2, 0.25) is 5.02 Å². The quantitative estimate of drug-likeness (QED) is 0.491. The van der Waals surface area contributed by atoms with Gasteiger partial charge in [0.2, 0.25) is 5.91 Å². The highest BCUT2D eigenvalue weighted by Crippen LogP contribution is 2.29. The first-order valence-electron chi connectivity index (χ1n) is 12.4. The molecule has 2 fully saturated rings. The number of piperidine rings is 2. The maximum atomic E-state index is 12.9. The number of likely N-dealkylation sites (tertiary alicyclic amines) is 2. The largest absolute Gasteiger partial charge is 0.496 e. The van der Waals surface area contributed by atoms with Crippen LogP contribution in [0, 0.1) is 0 Å². The second-order valence-corrected chi connectivity index (χ2v) is 10.1. The number of carbonyl (C=O) groups excluding carboxylic acids is 2. The predicted octanol–water partition coefficient (Wildman–Crippen LogP) is 2.08. The van der Waals surface area contributed by atoms with Crippen molar-refractivity contribution in [1.82, 2.24) is 20.0 Å². The van der Waals surface area contributed by atoms with Gasteiger partial charge in [-0.25, -0.2) is 0 Å². The number of nitrogens with two attached hydrogens (primary N) is 1. The van der Waals surface area contributed by atoms with E-state index < -0.39 is 0 Å². The van der Waals surface area contributed by atoms with Crippen LogP contribution in [0.3, 0.4) is 0 Å². The topological polar surface area (TPSA) is 100 Å². The lowest BCUT2D eigenvalue weighted by Crippen LogP contribution is -2.55. The fraction of sp³-hybridized carbons (Fsp3) is 0.680. The Hall–Kier alpha value is -2.07. The fourth-order valence-corrected chi connectivity index (χ4v) is 5.16. The molecule has 0 radical (unpaired) electrons. The van der Waals surface area contributed by atoms with E-state index in [0.717, 1.165) is 51.9 Å². The molecule has 0 aromatic heterocycles. The zero-order valence-electron chi connectivity index (χ0n) is 21.4. The van der Waals surface area contributed by atoms with Crippen LogP contribution in [0.5, 0.6) is 5.75 Å². The third-order valence-corrected chi connectivity index (χ3v) is 7.57. The summed E-state index contributed by atoms with van der Waals surface area (Å²) in [5, 5.41) is 3.38. The summed E-state index contributed by atoms with van der Waals surface area (Å²) in [6.45, 7) is 4.06. The highest BCUT2D eigenvalue weighted by Gasteiger charge is 2.31. The van der Waals surface area contributed by atoms with Crippen LogP contribution in [0.15, 0.2) is 12.1 Å². The van der Waals surface area contributed by atoms with Gasteiger partial charge in [0.25, 0.3) is 5.91 Å². The number of ether oxygens (including phenoxy) is 2. The first kappa shape index (κ1) is 27.5. The van der Waals surface area contributed by atoms with E-state index in [4.69, 9.17) is 26.8 Å². The standard InChI is InChI=1S/C25H40ClN5O4/c1-29(2)17-7-12-31(13-8-17)24(32)6-5-10-30-11-9-21(23(16-30)35-4)28-25(33)18-14-19(26)20(27)15-22(18)34-3/h14-15,17,21,23H,5-13,16,27H2,1-4H3,(H,28,33)/t21-,23+/m1/s1. The molecule has 2 aliphatic heterocycles. The number of hydrogen-bond donors (Lipinski definition) is 2. The van der Waals surface area contributed by atoms with E-state index in [1.807, 2.05) is 4.90 Å². The number of halogens is 1. The molecule has 2 amide bonds. The number of rotatable bonds is 9. The maximum Gasteiger partial charge on any atom is 0.255 e. The van der Waals surface area contributed by atoms with E-state index in [1.54, 1.807) is 13.2 Å². The summed E-state index contributed by atoms with van der Waals surface area (Å²) in [7, 11) is 7.37. The Morgan fingerprint density at radius 1 is 1.17 bits per heavy atom. The normalized spacial score (nSPS) is 21.8. The van der Waals surface area contributed by atoms with Crippen molar-refractivity contribution in [2.24, 2.45) is 0 Å². The Balaban J connectivity index is 1.45. The molecule has 1 aromatic carbocycles. The second kappa shape index (κ2) is 12.8. The first-order chi connectivity index (χ1) is 16.7. The minimum absolute atomic E-state index is 0.135. The number of carbonyl (C=O) groups is 2. The van der Waals surface area contributed by atoms with Crippen LogP contribution in [0.4, 0.5) is 5.69 Å². The molecule has 2 aliphatic rings. The lowest BCUT2D eigenvalue weighted by atomic mass is 10.00. The number of hydrogen-bond acceptors (Lipinski definition) is 7. The monoisotopic (exact) mass is 509 g/mol. The molecule has 2 heterocycles. The van der Waals surface area contributed by atoms with Crippen molar-refractivity contribution in [3.63, 3.8) is 0 Å². The summed E-state index contributed by atoms with van der Waals surface area (Å²) in [6, 6.07) is 3.52. The highest BCUT2D eigenvalue weighted by molar-refractivity contribution is 6.33. The lowest BCUT2D eigenvalue weighted by Gasteiger charge is -2.38. The molecule has 0 aliphatic carbocycles. The molecule has 0 bridgehead atoms. The van der Waals surface area contributed by atoms with Gasteiger partial charge in [0.05, 0.1) is 35.5 Å². The number of nitrogen functional groups attached to an aromatic ring is 1. The Morgan fingerprint density at radius 3 is 2.51 bits per heavy atom. The van der Waals surface area contributed by atoms with Crippen molar-refractivity contribution in [2.75, 3.05) is 66.8 Å². The Kier molecular flexibility index (Phi) is 10.0. The molecular formula is C25H40ClN5O4. The number of methoxy groups -OCH3 is 2. The predicted molar refractivity (Wildman–Crippen MR) is 138 cm³/mol. The number of amides is 2. The van der Waals surface area contributed by atoms with Gasteiger partial charge in [-0.15, -0.1) is 0 Å². The Morgan fingerprint density at radius 2 is 1.89 bits per heavy atom. The van der Waals surface area contributed by atoms with Gasteiger partial charge in [0, 0.05) is 51.8 Å². The molecule has 10 heteroatoms. The molecule has 1 aromatic rings. The average Bonchev–Trinajstić information content (AvgIpc) is 2.85. The second-order valence-electron chi connectivity index (χ2n) is 9.70. The molecule has 0 saturated carbocycles. The van der Waals surface area contributed by atoms with E-state index >= 15 is 0 Å². The van der Waals surface area contributed by atoms with Crippen LogP contribution in [0.25, 0.3) is 0 Å². The van der Waals surface area contributed by atoms with Crippen molar-refractivity contribution >= 4 is 29.1 Å². The van der Waals surface area contributed by atoms with Crippen molar-refractivity contribution in [1.29, 1.82) is 0 Å². The van der Waals surface area contributed by atoms with Crippen molar-refractivity contribution in [2.45, 2.75) is 50.3 Å². The molecular weight excluding hydrogens is 470 g/mol. The van der Waals surface area contributed by atoms with Gasteiger partial charge in [0.15, 0.2) is 0 Å². The molecule has 0 spiro atoms. The minimum Gasteiger partial charge on any atom is -0.496 e. The first-order valence-corrected chi connectivity index (χ1v) is 12.7. The van der Waals surface area contributed by atoms with E-state index in [2.05, 4.69) is 29.2 Å². The summed E-state index contributed by atoms with van der Waals surface area (Å²) in [6.07, 6.45) is 4.08. The van der Waals surface area contributed by atoms with Gasteiger partial charge < -0.3 is 35.2 Å². The zero-order chi connectivity index (χ0) is 25.5. The number of anilines is 1.